The zero-order valence-corrected chi connectivity index (χ0v) is 11.8. The van der Waals surface area contributed by atoms with Crippen molar-refractivity contribution in [2.45, 2.75) is 6.92 Å². The van der Waals surface area contributed by atoms with E-state index in [4.69, 9.17) is 17.3 Å². The Morgan fingerprint density at radius 1 is 1.30 bits per heavy atom. The molecule has 20 heavy (non-hydrogen) atoms. The van der Waals surface area contributed by atoms with Gasteiger partial charge in [-0.1, -0.05) is 23.7 Å². The number of aromatic hydroxyl groups is 1. The van der Waals surface area contributed by atoms with Crippen LogP contribution in [0.15, 0.2) is 42.5 Å². The molecule has 0 radical (unpaired) electrons. The zero-order valence-electron chi connectivity index (χ0n) is 11.0. The number of carbonyl (C=O) groups excluding carboxylic acids is 1. The van der Waals surface area contributed by atoms with Crippen LogP contribution in [0.2, 0.25) is 5.02 Å². The molecule has 0 heterocycles. The van der Waals surface area contributed by atoms with E-state index in [-0.39, 0.29) is 17.2 Å². The monoisotopic (exact) mass is 290 g/mol. The maximum Gasteiger partial charge on any atom is 0.261 e. The highest BCUT2D eigenvalue weighted by molar-refractivity contribution is 6.35. The number of nitrogens with two attached hydrogens (primary N) is 1. The van der Waals surface area contributed by atoms with Gasteiger partial charge in [0.25, 0.3) is 5.91 Å². The number of hydrogen-bond acceptors (Lipinski definition) is 3. The molecule has 0 aliphatic rings. The van der Waals surface area contributed by atoms with Gasteiger partial charge in [-0.15, -0.1) is 0 Å². The largest absolute Gasteiger partial charge is 0.508 e. The molecule has 0 bridgehead atoms. The molecular weight excluding hydrogens is 276 g/mol. The fourth-order valence-electron chi connectivity index (χ4n) is 2.01. The molecule has 3 N–H and O–H groups in total. The Kier molecular flexibility index (Phi) is 4.15. The molecule has 0 spiro atoms. The van der Waals surface area contributed by atoms with E-state index in [9.17, 15) is 9.90 Å². The highest BCUT2D eigenvalue weighted by Crippen LogP contribution is 2.27. The standard InChI is InChI=1S/C15H15ClN2O2/c1-2-18(10-5-3-6-11(19)9-10)15(20)14-12(16)7-4-8-13(14)17/h3-9,19H,2,17H2,1H3. The van der Waals surface area contributed by atoms with Crippen molar-refractivity contribution >= 4 is 28.9 Å². The van der Waals surface area contributed by atoms with Crippen molar-refractivity contribution in [3.8, 4) is 5.75 Å². The second-order valence-electron chi connectivity index (χ2n) is 4.27. The number of halogens is 1. The summed E-state index contributed by atoms with van der Waals surface area (Å²) in [5, 5.41) is 9.84. The van der Waals surface area contributed by atoms with E-state index < -0.39 is 0 Å². The molecular formula is C15H15ClN2O2. The van der Waals surface area contributed by atoms with Crippen molar-refractivity contribution in [2.24, 2.45) is 0 Å². The predicted octanol–water partition coefficient (Wildman–Crippen LogP) is 3.29. The van der Waals surface area contributed by atoms with Crippen LogP contribution in [0.3, 0.4) is 0 Å². The van der Waals surface area contributed by atoms with E-state index in [0.29, 0.717) is 22.9 Å². The van der Waals surface area contributed by atoms with Crippen LogP contribution < -0.4 is 10.6 Å². The number of benzene rings is 2. The first kappa shape index (κ1) is 14.2. The Morgan fingerprint density at radius 2 is 2.00 bits per heavy atom. The molecule has 1 amide bonds. The fourth-order valence-corrected chi connectivity index (χ4v) is 2.27. The maximum absolute atomic E-state index is 12.6. The molecule has 0 atom stereocenters. The van der Waals surface area contributed by atoms with Gasteiger partial charge in [-0.3, -0.25) is 4.79 Å². The van der Waals surface area contributed by atoms with Crippen LogP contribution >= 0.6 is 11.6 Å². The molecule has 2 aromatic carbocycles. The molecule has 0 fully saturated rings. The van der Waals surface area contributed by atoms with Crippen molar-refractivity contribution in [3.63, 3.8) is 0 Å². The van der Waals surface area contributed by atoms with Gasteiger partial charge in [0.2, 0.25) is 0 Å². The summed E-state index contributed by atoms with van der Waals surface area (Å²) in [5.74, 6) is -0.193. The highest BCUT2D eigenvalue weighted by atomic mass is 35.5. The third-order valence-corrected chi connectivity index (χ3v) is 3.28. The first-order chi connectivity index (χ1) is 9.54. The van der Waals surface area contributed by atoms with Gasteiger partial charge in [0, 0.05) is 24.0 Å². The van der Waals surface area contributed by atoms with Crippen LogP contribution in [-0.2, 0) is 0 Å². The lowest BCUT2D eigenvalue weighted by Crippen LogP contribution is -2.31. The SMILES string of the molecule is CCN(C(=O)c1c(N)cccc1Cl)c1cccc(O)c1. The molecule has 104 valence electrons. The van der Waals surface area contributed by atoms with Gasteiger partial charge < -0.3 is 15.7 Å². The minimum Gasteiger partial charge on any atom is -0.508 e. The number of rotatable bonds is 3. The molecule has 0 aliphatic carbocycles. The van der Waals surface area contributed by atoms with Crippen molar-refractivity contribution in [3.05, 3.63) is 53.1 Å². The summed E-state index contributed by atoms with van der Waals surface area (Å²) in [4.78, 5) is 14.1. The lowest BCUT2D eigenvalue weighted by molar-refractivity contribution is 0.0989. The van der Waals surface area contributed by atoms with Gasteiger partial charge in [0.15, 0.2) is 0 Å². The Balaban J connectivity index is 2.45. The molecule has 0 aromatic heterocycles. The van der Waals surface area contributed by atoms with E-state index in [2.05, 4.69) is 0 Å². The summed E-state index contributed by atoms with van der Waals surface area (Å²) in [6, 6.07) is 11.4. The topological polar surface area (TPSA) is 66.6 Å². The zero-order chi connectivity index (χ0) is 14.7. The van der Waals surface area contributed by atoms with Crippen molar-refractivity contribution in [2.75, 3.05) is 17.2 Å². The predicted molar refractivity (Wildman–Crippen MR) is 81.3 cm³/mol. The van der Waals surface area contributed by atoms with Crippen molar-refractivity contribution < 1.29 is 9.90 Å². The summed E-state index contributed by atoms with van der Waals surface area (Å²) in [6.45, 7) is 2.28. The normalized spacial score (nSPS) is 10.3. The van der Waals surface area contributed by atoms with Gasteiger partial charge in [0.05, 0.1) is 10.6 Å². The number of hydrogen-bond donors (Lipinski definition) is 2. The number of nitrogen functional groups attached to an aromatic ring is 1. The summed E-state index contributed by atoms with van der Waals surface area (Å²) >= 11 is 6.07. The number of anilines is 2. The molecule has 0 saturated carbocycles. The smallest absolute Gasteiger partial charge is 0.261 e. The Morgan fingerprint density at radius 3 is 2.60 bits per heavy atom. The van der Waals surface area contributed by atoms with Crippen LogP contribution in [0.5, 0.6) is 5.75 Å². The van der Waals surface area contributed by atoms with E-state index in [0.717, 1.165) is 0 Å². The molecule has 2 rings (SSSR count). The van der Waals surface area contributed by atoms with Gasteiger partial charge in [-0.25, -0.2) is 0 Å². The van der Waals surface area contributed by atoms with E-state index in [1.807, 2.05) is 6.92 Å². The quantitative estimate of drug-likeness (QED) is 0.852. The van der Waals surface area contributed by atoms with E-state index >= 15 is 0 Å². The Hall–Kier alpha value is -2.20. The molecule has 2 aromatic rings. The summed E-state index contributed by atoms with van der Waals surface area (Å²) in [6.07, 6.45) is 0. The Bertz CT molecular complexity index is 623. The minimum atomic E-state index is -0.291. The molecule has 0 aliphatic heterocycles. The van der Waals surface area contributed by atoms with Crippen LogP contribution in [-0.4, -0.2) is 17.6 Å². The van der Waals surface area contributed by atoms with E-state index in [1.165, 1.54) is 11.0 Å². The summed E-state index contributed by atoms with van der Waals surface area (Å²) in [5.41, 5.74) is 7.05. The maximum atomic E-state index is 12.6. The average Bonchev–Trinajstić information content (AvgIpc) is 2.39. The average molecular weight is 291 g/mol. The molecule has 5 heteroatoms. The second-order valence-corrected chi connectivity index (χ2v) is 4.68. The third-order valence-electron chi connectivity index (χ3n) is 2.96. The Labute approximate surface area is 122 Å². The third kappa shape index (κ3) is 2.70. The molecule has 0 unspecified atom stereocenters. The van der Waals surface area contributed by atoms with E-state index in [1.54, 1.807) is 36.4 Å². The minimum absolute atomic E-state index is 0.0980. The van der Waals surface area contributed by atoms with Crippen LogP contribution in [0.25, 0.3) is 0 Å². The van der Waals surface area contributed by atoms with Crippen LogP contribution in [0.1, 0.15) is 17.3 Å². The summed E-state index contributed by atoms with van der Waals surface area (Å²) in [7, 11) is 0. The van der Waals surface area contributed by atoms with Crippen molar-refractivity contribution in [1.29, 1.82) is 0 Å². The molecule has 4 nitrogen and oxygen atoms in total. The second kappa shape index (κ2) is 5.84. The van der Waals surface area contributed by atoms with Crippen molar-refractivity contribution in [1.82, 2.24) is 0 Å². The van der Waals surface area contributed by atoms with Gasteiger partial charge in [0.1, 0.15) is 5.75 Å². The van der Waals surface area contributed by atoms with Crippen LogP contribution in [0.4, 0.5) is 11.4 Å². The number of carbonyl (C=O) groups is 1. The number of amides is 1. The first-order valence-corrected chi connectivity index (χ1v) is 6.57. The lowest BCUT2D eigenvalue weighted by Gasteiger charge is -2.22. The number of phenols is 1. The lowest BCUT2D eigenvalue weighted by atomic mass is 10.1. The number of nitrogens with zero attached hydrogens (tertiary/aromatic N) is 1. The van der Waals surface area contributed by atoms with Gasteiger partial charge in [-0.2, -0.15) is 0 Å². The fraction of sp³-hybridized carbons (Fsp3) is 0.133. The summed E-state index contributed by atoms with van der Waals surface area (Å²) < 4.78 is 0. The first-order valence-electron chi connectivity index (χ1n) is 6.19. The molecule has 0 saturated heterocycles. The van der Waals surface area contributed by atoms with Gasteiger partial charge in [-0.05, 0) is 31.2 Å². The number of phenolic OH excluding ortho intramolecular Hbond substituents is 1. The van der Waals surface area contributed by atoms with Crippen LogP contribution in [0, 0.1) is 0 Å². The highest BCUT2D eigenvalue weighted by Gasteiger charge is 2.21. The van der Waals surface area contributed by atoms with Gasteiger partial charge >= 0.3 is 0 Å².